The average molecular weight is 362 g/mol. The molecule has 0 fully saturated rings. The van der Waals surface area contributed by atoms with Crippen molar-refractivity contribution >= 4 is 0 Å². The fraction of sp³-hybridized carbons (Fsp3) is 0.600. The Labute approximate surface area is 143 Å². The third-order valence-electron chi connectivity index (χ3n) is 4.22. The van der Waals surface area contributed by atoms with Gasteiger partial charge in [0.15, 0.2) is 0 Å². The van der Waals surface area contributed by atoms with E-state index >= 15 is 0 Å². The minimum atomic E-state index is -0.671. The van der Waals surface area contributed by atoms with Crippen molar-refractivity contribution < 1.29 is 23.2 Å². The Morgan fingerprint density at radius 3 is 1.43 bits per heavy atom. The number of hydrogen-bond donors (Lipinski definition) is 0. The van der Waals surface area contributed by atoms with Crippen LogP contribution in [-0.4, -0.2) is 0 Å². The molecule has 114 valence electrons. The fourth-order valence-electron chi connectivity index (χ4n) is 3.86. The van der Waals surface area contributed by atoms with E-state index in [1.165, 1.54) is 24.0 Å². The van der Waals surface area contributed by atoms with E-state index in [4.69, 9.17) is 0 Å². The molecule has 0 amide bonds. The molecular weight excluding hydrogens is 331 g/mol. The van der Waals surface area contributed by atoms with Gasteiger partial charge in [-0.3, -0.25) is 0 Å². The molecule has 0 heterocycles. The molecule has 0 spiro atoms. The van der Waals surface area contributed by atoms with Crippen molar-refractivity contribution in [3.8, 4) is 0 Å². The van der Waals surface area contributed by atoms with Gasteiger partial charge in [0.2, 0.25) is 0 Å². The van der Waals surface area contributed by atoms with Gasteiger partial charge < -0.3 is 0 Å². The second-order valence-electron chi connectivity index (χ2n) is 7.85. The molecular formula is C20H30Zr. The molecule has 2 atom stereocenters. The number of allylic oxidation sites excluding steroid dienone is 8. The first-order valence-electron chi connectivity index (χ1n) is 8.31. The van der Waals surface area contributed by atoms with Gasteiger partial charge in [-0.25, -0.2) is 0 Å². The molecule has 2 aliphatic carbocycles. The van der Waals surface area contributed by atoms with E-state index in [0.29, 0.717) is 6.25 Å². The maximum absolute atomic E-state index is 2.59. The summed E-state index contributed by atoms with van der Waals surface area (Å²) in [5.74, 6) is 1.54. The van der Waals surface area contributed by atoms with Crippen LogP contribution in [0.5, 0.6) is 0 Å². The average Bonchev–Trinajstić information content (AvgIpc) is 2.82. The molecule has 0 aromatic heterocycles. The third kappa shape index (κ3) is 4.41. The van der Waals surface area contributed by atoms with Crippen LogP contribution in [0.25, 0.3) is 0 Å². The van der Waals surface area contributed by atoms with E-state index in [0.717, 1.165) is 11.8 Å². The van der Waals surface area contributed by atoms with Crippen molar-refractivity contribution in [1.29, 1.82) is 0 Å². The van der Waals surface area contributed by atoms with Gasteiger partial charge in [0.1, 0.15) is 0 Å². The molecule has 0 aromatic rings. The molecule has 21 heavy (non-hydrogen) atoms. The second kappa shape index (κ2) is 6.53. The zero-order valence-electron chi connectivity index (χ0n) is 14.5. The molecule has 0 aliphatic heterocycles. The molecule has 2 rings (SSSR count). The zero-order valence-corrected chi connectivity index (χ0v) is 17.0. The Kier molecular flexibility index (Phi) is 5.35. The summed E-state index contributed by atoms with van der Waals surface area (Å²) in [6.45, 7) is 14.0. The van der Waals surface area contributed by atoms with Crippen LogP contribution in [0.3, 0.4) is 0 Å². The summed E-state index contributed by atoms with van der Waals surface area (Å²) in [7, 11) is 0. The first-order valence-corrected chi connectivity index (χ1v) is 10.8. The molecule has 0 saturated carbocycles. The van der Waals surface area contributed by atoms with Gasteiger partial charge in [-0.15, -0.1) is 0 Å². The molecule has 1 heteroatoms. The van der Waals surface area contributed by atoms with E-state index in [1.54, 1.807) is 0 Å². The van der Waals surface area contributed by atoms with E-state index in [9.17, 15) is 0 Å². The first-order chi connectivity index (χ1) is 9.74. The second-order valence-corrected chi connectivity index (χ2v) is 13.0. The molecule has 0 saturated heterocycles. The number of rotatable bonds is 6. The standard InChI is InChI=1S/2C10H15.Zr/c2*1-8(2)6-10-5-4-9(3)7-10;/h2*4-5,7-8H,6H2,1-3H3;. The van der Waals surface area contributed by atoms with E-state index in [2.05, 4.69) is 78.0 Å². The van der Waals surface area contributed by atoms with Gasteiger partial charge in [-0.1, -0.05) is 0 Å². The zero-order chi connectivity index (χ0) is 15.7. The summed E-state index contributed by atoms with van der Waals surface area (Å²) >= 11 is -0.671. The van der Waals surface area contributed by atoms with E-state index in [-0.39, 0.29) is 0 Å². The van der Waals surface area contributed by atoms with Gasteiger partial charge in [0.05, 0.1) is 0 Å². The van der Waals surface area contributed by atoms with Crippen LogP contribution < -0.4 is 0 Å². The van der Waals surface area contributed by atoms with Crippen molar-refractivity contribution in [3.63, 3.8) is 0 Å². The molecule has 0 aromatic carbocycles. The summed E-state index contributed by atoms with van der Waals surface area (Å²) in [4.78, 5) is 0. The predicted molar refractivity (Wildman–Crippen MR) is 90.1 cm³/mol. The van der Waals surface area contributed by atoms with Crippen molar-refractivity contribution in [1.82, 2.24) is 0 Å². The Hall–Kier alpha value is -0.157. The van der Waals surface area contributed by atoms with Gasteiger partial charge in [0.25, 0.3) is 0 Å². The SMILES string of the molecule is CC1=C[C](CC(C)C)([Zr][C]2(CC(C)C)C=CC(C)=C2)C=C1. The van der Waals surface area contributed by atoms with Gasteiger partial charge in [0, 0.05) is 0 Å². The van der Waals surface area contributed by atoms with Crippen molar-refractivity contribution in [2.24, 2.45) is 11.8 Å². The Balaban J connectivity index is 2.30. The molecule has 0 bridgehead atoms. The molecule has 2 unspecified atom stereocenters. The van der Waals surface area contributed by atoms with Crippen LogP contribution in [0.2, 0.25) is 6.25 Å². The van der Waals surface area contributed by atoms with Crippen LogP contribution in [0.15, 0.2) is 47.6 Å². The van der Waals surface area contributed by atoms with Crippen LogP contribution in [0.1, 0.15) is 54.4 Å². The topological polar surface area (TPSA) is 0 Å². The summed E-state index contributed by atoms with van der Waals surface area (Å²) in [6, 6.07) is 0. The van der Waals surface area contributed by atoms with Gasteiger partial charge >= 0.3 is 143 Å². The Morgan fingerprint density at radius 2 is 1.19 bits per heavy atom. The molecule has 0 nitrogen and oxygen atoms in total. The van der Waals surface area contributed by atoms with Crippen molar-refractivity contribution in [2.75, 3.05) is 0 Å². The van der Waals surface area contributed by atoms with Crippen LogP contribution >= 0.6 is 0 Å². The summed E-state index contributed by atoms with van der Waals surface area (Å²) < 4.78 is 0.837. The summed E-state index contributed by atoms with van der Waals surface area (Å²) in [5, 5.41) is 0. The monoisotopic (exact) mass is 360 g/mol. The fourth-order valence-corrected chi connectivity index (χ4v) is 10.8. The van der Waals surface area contributed by atoms with E-state index < -0.39 is 23.2 Å². The maximum atomic E-state index is 2.59. The first kappa shape index (κ1) is 17.2. The quantitative estimate of drug-likeness (QED) is 0.506. The van der Waals surface area contributed by atoms with Gasteiger partial charge in [-0.2, -0.15) is 0 Å². The summed E-state index contributed by atoms with van der Waals surface area (Å²) in [6.07, 6.45) is 17.7. The number of hydrogen-bond acceptors (Lipinski definition) is 0. The predicted octanol–water partition coefficient (Wildman–Crippen LogP) is 6.51. The Bertz CT molecular complexity index is 458. The van der Waals surface area contributed by atoms with Gasteiger partial charge in [-0.05, 0) is 0 Å². The van der Waals surface area contributed by atoms with Crippen LogP contribution in [0, 0.1) is 11.8 Å². The molecule has 0 N–H and O–H groups in total. The van der Waals surface area contributed by atoms with Crippen molar-refractivity contribution in [2.45, 2.75) is 60.6 Å². The Morgan fingerprint density at radius 1 is 0.810 bits per heavy atom. The normalized spacial score (nSPS) is 31.2. The molecule has 2 aliphatic rings. The molecule has 0 radical (unpaired) electrons. The van der Waals surface area contributed by atoms with E-state index in [1.807, 2.05) is 0 Å². The summed E-state index contributed by atoms with van der Waals surface area (Å²) in [5.41, 5.74) is 2.94. The third-order valence-corrected chi connectivity index (χ3v) is 9.04. The minimum absolute atomic E-state index is 0.419. The van der Waals surface area contributed by atoms with Crippen LogP contribution in [-0.2, 0) is 23.2 Å². The van der Waals surface area contributed by atoms with Crippen molar-refractivity contribution in [3.05, 3.63) is 47.6 Å². The van der Waals surface area contributed by atoms with Crippen LogP contribution in [0.4, 0.5) is 0 Å².